The first-order chi connectivity index (χ1) is 10.1. The molecule has 21 heavy (non-hydrogen) atoms. The first kappa shape index (κ1) is 13.6. The van der Waals surface area contributed by atoms with Crippen LogP contribution < -0.4 is 11.1 Å². The minimum atomic E-state index is -0.0498. The normalized spacial score (nSPS) is 14.7. The number of nitrogen functional groups attached to an aromatic ring is 1. The van der Waals surface area contributed by atoms with Crippen LogP contribution in [0.5, 0.6) is 0 Å². The van der Waals surface area contributed by atoms with Gasteiger partial charge in [0.1, 0.15) is 12.2 Å². The lowest BCUT2D eigenvalue weighted by Crippen LogP contribution is -2.39. The molecular formula is C14H18N6O. The molecular weight excluding hydrogens is 268 g/mol. The molecule has 0 atom stereocenters. The number of benzene rings is 1. The molecule has 7 heteroatoms. The zero-order valence-electron chi connectivity index (χ0n) is 11.9. The first-order valence-corrected chi connectivity index (χ1v) is 6.87. The van der Waals surface area contributed by atoms with Gasteiger partial charge in [-0.1, -0.05) is 6.07 Å². The molecule has 2 heterocycles. The van der Waals surface area contributed by atoms with Gasteiger partial charge in [-0.3, -0.25) is 9.69 Å². The van der Waals surface area contributed by atoms with Crippen LogP contribution in [0.15, 0.2) is 24.5 Å². The molecule has 0 radical (unpaired) electrons. The number of hydrogen-bond acceptors (Lipinski definition) is 5. The van der Waals surface area contributed by atoms with Crippen LogP contribution in [0, 0.1) is 6.92 Å². The zero-order chi connectivity index (χ0) is 14.8. The molecule has 0 saturated carbocycles. The molecule has 3 N–H and O–H groups in total. The summed E-state index contributed by atoms with van der Waals surface area (Å²) in [4.78, 5) is 14.1. The molecule has 1 aliphatic rings. The molecule has 0 bridgehead atoms. The van der Waals surface area contributed by atoms with E-state index >= 15 is 0 Å². The largest absolute Gasteiger partial charge is 0.398 e. The van der Waals surface area contributed by atoms with E-state index in [1.54, 1.807) is 12.4 Å². The number of aryl methyl sites for hydroxylation is 1. The van der Waals surface area contributed by atoms with Gasteiger partial charge in [-0.05, 0) is 24.6 Å². The van der Waals surface area contributed by atoms with E-state index in [9.17, 15) is 4.79 Å². The van der Waals surface area contributed by atoms with E-state index in [2.05, 4.69) is 20.4 Å². The number of anilines is 2. The molecule has 110 valence electrons. The molecule has 0 unspecified atom stereocenters. The van der Waals surface area contributed by atoms with Crippen LogP contribution in [0.3, 0.4) is 0 Å². The van der Waals surface area contributed by atoms with Crippen LogP contribution in [0.25, 0.3) is 0 Å². The predicted molar refractivity (Wildman–Crippen MR) is 79.5 cm³/mol. The summed E-state index contributed by atoms with van der Waals surface area (Å²) in [6.07, 6.45) is 1.72. The number of carbonyl (C=O) groups is 1. The lowest BCUT2D eigenvalue weighted by Gasteiger charge is -2.26. The van der Waals surface area contributed by atoms with Crippen molar-refractivity contribution in [3.05, 3.63) is 35.9 Å². The Morgan fingerprint density at radius 3 is 3.10 bits per heavy atom. The second kappa shape index (κ2) is 5.53. The fourth-order valence-corrected chi connectivity index (χ4v) is 2.37. The quantitative estimate of drug-likeness (QED) is 0.808. The second-order valence-corrected chi connectivity index (χ2v) is 5.27. The number of rotatable bonds is 3. The molecule has 1 aromatic heterocycles. The summed E-state index contributed by atoms with van der Waals surface area (Å²) in [5.41, 5.74) is 8.25. The third-order valence-corrected chi connectivity index (χ3v) is 3.65. The van der Waals surface area contributed by atoms with Crippen molar-refractivity contribution >= 4 is 17.3 Å². The maximum absolute atomic E-state index is 12.1. The summed E-state index contributed by atoms with van der Waals surface area (Å²) in [6.45, 7) is 4.54. The van der Waals surface area contributed by atoms with Crippen LogP contribution in [0.2, 0.25) is 0 Å². The third-order valence-electron chi connectivity index (χ3n) is 3.65. The van der Waals surface area contributed by atoms with Gasteiger partial charge < -0.3 is 15.6 Å². The van der Waals surface area contributed by atoms with E-state index in [1.165, 1.54) is 0 Å². The van der Waals surface area contributed by atoms with Crippen LogP contribution in [0.4, 0.5) is 11.4 Å². The topological polar surface area (TPSA) is 89.1 Å². The Kier molecular flexibility index (Phi) is 3.57. The lowest BCUT2D eigenvalue weighted by atomic mass is 10.2. The Morgan fingerprint density at radius 1 is 1.43 bits per heavy atom. The number of hydrogen-bond donors (Lipinski definition) is 2. The molecule has 2 aromatic rings. The number of aromatic nitrogens is 3. The SMILES string of the molecule is Cc1ccc(NC(=O)CN2CCn3cnnc3C2)cc1N. The average Bonchev–Trinajstić information content (AvgIpc) is 2.90. The van der Waals surface area contributed by atoms with Crippen molar-refractivity contribution in [2.45, 2.75) is 20.0 Å². The Balaban J connectivity index is 1.58. The summed E-state index contributed by atoms with van der Waals surface area (Å²) >= 11 is 0. The smallest absolute Gasteiger partial charge is 0.238 e. The number of nitrogens with one attached hydrogen (secondary N) is 1. The van der Waals surface area contributed by atoms with E-state index in [0.717, 1.165) is 30.2 Å². The van der Waals surface area contributed by atoms with Crippen molar-refractivity contribution in [3.8, 4) is 0 Å². The Bertz CT molecular complexity index is 665. The first-order valence-electron chi connectivity index (χ1n) is 6.87. The van der Waals surface area contributed by atoms with Crippen molar-refractivity contribution < 1.29 is 4.79 Å². The number of nitrogens with zero attached hydrogens (tertiary/aromatic N) is 4. The van der Waals surface area contributed by atoms with Crippen LogP contribution in [-0.4, -0.2) is 38.7 Å². The van der Waals surface area contributed by atoms with E-state index in [-0.39, 0.29) is 5.91 Å². The fourth-order valence-electron chi connectivity index (χ4n) is 2.37. The van der Waals surface area contributed by atoms with Gasteiger partial charge in [-0.25, -0.2) is 0 Å². The van der Waals surface area contributed by atoms with E-state index < -0.39 is 0 Å². The van der Waals surface area contributed by atoms with Crippen molar-refractivity contribution in [3.63, 3.8) is 0 Å². The monoisotopic (exact) mass is 286 g/mol. The number of nitrogens with two attached hydrogens (primary N) is 1. The lowest BCUT2D eigenvalue weighted by molar-refractivity contribution is -0.117. The Hall–Kier alpha value is -2.41. The highest BCUT2D eigenvalue weighted by Crippen LogP contribution is 2.17. The van der Waals surface area contributed by atoms with Crippen LogP contribution >= 0.6 is 0 Å². The van der Waals surface area contributed by atoms with Crippen molar-refractivity contribution in [2.24, 2.45) is 0 Å². The van der Waals surface area contributed by atoms with Crippen LogP contribution in [0.1, 0.15) is 11.4 Å². The molecule has 3 rings (SSSR count). The van der Waals surface area contributed by atoms with E-state index in [0.29, 0.717) is 18.8 Å². The molecule has 0 saturated heterocycles. The Labute approximate surface area is 122 Å². The van der Waals surface area contributed by atoms with Gasteiger partial charge in [0, 0.05) is 24.5 Å². The van der Waals surface area contributed by atoms with E-state index in [1.807, 2.05) is 23.6 Å². The predicted octanol–water partition coefficient (Wildman–Crippen LogP) is 0.623. The second-order valence-electron chi connectivity index (χ2n) is 5.27. The van der Waals surface area contributed by atoms with Crippen molar-refractivity contribution in [1.29, 1.82) is 0 Å². The maximum Gasteiger partial charge on any atom is 0.238 e. The highest BCUT2D eigenvalue weighted by atomic mass is 16.2. The van der Waals surface area contributed by atoms with Crippen molar-refractivity contribution in [1.82, 2.24) is 19.7 Å². The summed E-state index contributed by atoms with van der Waals surface area (Å²) in [6, 6.07) is 5.53. The summed E-state index contributed by atoms with van der Waals surface area (Å²) < 4.78 is 2.01. The van der Waals surface area contributed by atoms with Gasteiger partial charge in [0.25, 0.3) is 0 Å². The molecule has 1 aromatic carbocycles. The number of fused-ring (bicyclic) bond motifs is 1. The average molecular weight is 286 g/mol. The van der Waals surface area contributed by atoms with Crippen LogP contribution in [-0.2, 0) is 17.9 Å². The number of amides is 1. The number of carbonyl (C=O) groups excluding carboxylic acids is 1. The maximum atomic E-state index is 12.1. The van der Waals surface area contributed by atoms with E-state index in [4.69, 9.17) is 5.73 Å². The highest BCUT2D eigenvalue weighted by molar-refractivity contribution is 5.92. The van der Waals surface area contributed by atoms with Gasteiger partial charge in [0.05, 0.1) is 13.1 Å². The standard InChI is InChI=1S/C14H18N6O/c1-10-2-3-11(6-12(10)15)17-14(21)8-19-4-5-20-9-16-18-13(20)7-19/h2-3,6,9H,4-5,7-8,15H2,1H3,(H,17,21). The van der Waals surface area contributed by atoms with Crippen molar-refractivity contribution in [2.75, 3.05) is 24.1 Å². The van der Waals surface area contributed by atoms with Gasteiger partial charge >= 0.3 is 0 Å². The minimum Gasteiger partial charge on any atom is -0.398 e. The van der Waals surface area contributed by atoms with Gasteiger partial charge in [-0.2, -0.15) is 0 Å². The molecule has 7 nitrogen and oxygen atoms in total. The van der Waals surface area contributed by atoms with Gasteiger partial charge in [-0.15, -0.1) is 10.2 Å². The molecule has 0 fully saturated rings. The summed E-state index contributed by atoms with van der Waals surface area (Å²) in [5.74, 6) is 0.847. The van der Waals surface area contributed by atoms with Gasteiger partial charge in [0.2, 0.25) is 5.91 Å². The summed E-state index contributed by atoms with van der Waals surface area (Å²) in [7, 11) is 0. The molecule has 1 amide bonds. The van der Waals surface area contributed by atoms with Gasteiger partial charge in [0.15, 0.2) is 0 Å². The molecule has 0 aliphatic carbocycles. The zero-order valence-corrected chi connectivity index (χ0v) is 11.9. The summed E-state index contributed by atoms with van der Waals surface area (Å²) in [5, 5.41) is 10.8. The Morgan fingerprint density at radius 2 is 2.29 bits per heavy atom. The fraction of sp³-hybridized carbons (Fsp3) is 0.357. The molecule has 1 aliphatic heterocycles. The third kappa shape index (κ3) is 3.03. The highest BCUT2D eigenvalue weighted by Gasteiger charge is 2.19. The molecule has 0 spiro atoms. The minimum absolute atomic E-state index is 0.0498.